The van der Waals surface area contributed by atoms with E-state index < -0.39 is 23.2 Å². The van der Waals surface area contributed by atoms with Crippen molar-refractivity contribution in [3.05, 3.63) is 46.9 Å². The molecule has 2 aromatic rings. The normalized spacial score (nSPS) is 22.1. The summed E-state index contributed by atoms with van der Waals surface area (Å²) in [5.74, 6) is -0.0267. The predicted molar refractivity (Wildman–Crippen MR) is 121 cm³/mol. The maximum atomic E-state index is 11.5. The molecule has 1 aliphatic rings. The smallest absolute Gasteiger partial charge is 0.292 e. The molecule has 0 saturated carbocycles. The van der Waals surface area contributed by atoms with E-state index in [2.05, 4.69) is 15.3 Å². The van der Waals surface area contributed by atoms with Crippen molar-refractivity contribution in [1.29, 1.82) is 0 Å². The molecule has 2 unspecified atom stereocenters. The van der Waals surface area contributed by atoms with Gasteiger partial charge in [0.1, 0.15) is 18.1 Å². The summed E-state index contributed by atoms with van der Waals surface area (Å²) in [6.45, 7) is 1.55. The van der Waals surface area contributed by atoms with Crippen LogP contribution in [-0.4, -0.2) is 91.3 Å². The Balaban J connectivity index is 1.46. The number of hydrogen-bond donors (Lipinski definition) is 5. The zero-order chi connectivity index (χ0) is 23.8. The number of aliphatic hydroxyl groups is 4. The third-order valence-corrected chi connectivity index (χ3v) is 5.88. The SMILES string of the molecule is O=[N+]([O-])c1cc(-c2ccncn2)ccc1NCCCC[C@@H](CO)CN1CC(O)C(O)C(O)C1. The Kier molecular flexibility index (Phi) is 9.03. The van der Waals surface area contributed by atoms with Crippen LogP contribution in [0.5, 0.6) is 0 Å². The number of β-amino-alcohol motifs (C(OH)–C–C–N with tert-alkyl or cyclic N) is 2. The number of hydrogen-bond acceptors (Lipinski definition) is 10. The van der Waals surface area contributed by atoms with Gasteiger partial charge in [0.05, 0.1) is 22.8 Å². The molecule has 0 radical (unpaired) electrons. The van der Waals surface area contributed by atoms with Crippen molar-refractivity contribution in [3.63, 3.8) is 0 Å². The lowest BCUT2D eigenvalue weighted by Crippen LogP contribution is -2.56. The van der Waals surface area contributed by atoms with Gasteiger partial charge in [0.2, 0.25) is 0 Å². The van der Waals surface area contributed by atoms with Gasteiger partial charge in [-0.25, -0.2) is 9.97 Å². The van der Waals surface area contributed by atoms with Crippen LogP contribution in [0.3, 0.4) is 0 Å². The standard InChI is InChI=1S/C22H31N5O6/c28-13-15(10-26-11-20(29)22(31)21(30)12-26)3-1-2-7-24-18-5-4-16(9-19(18)27(32)33)17-6-8-23-14-25-17/h4-6,8-9,14-15,20-22,24,28-31H,1-3,7,10-13H2/t15-,20?,21?,22?/m1/s1. The molecule has 11 heteroatoms. The number of benzene rings is 1. The van der Waals surface area contributed by atoms with Crippen LogP contribution in [0.2, 0.25) is 0 Å². The minimum Gasteiger partial charge on any atom is -0.396 e. The maximum Gasteiger partial charge on any atom is 0.292 e. The van der Waals surface area contributed by atoms with Crippen LogP contribution in [-0.2, 0) is 0 Å². The largest absolute Gasteiger partial charge is 0.396 e. The van der Waals surface area contributed by atoms with Crippen molar-refractivity contribution in [3.8, 4) is 11.3 Å². The first-order chi connectivity index (χ1) is 15.9. The lowest BCUT2D eigenvalue weighted by molar-refractivity contribution is -0.383. The second-order valence-corrected chi connectivity index (χ2v) is 8.40. The molecule has 1 saturated heterocycles. The number of piperidine rings is 1. The van der Waals surface area contributed by atoms with Gasteiger partial charge < -0.3 is 25.7 Å². The topological polar surface area (TPSA) is 165 Å². The number of nitro benzene ring substituents is 1. The quantitative estimate of drug-likeness (QED) is 0.182. The van der Waals surface area contributed by atoms with Gasteiger partial charge in [-0.15, -0.1) is 0 Å². The molecule has 0 aliphatic carbocycles. The van der Waals surface area contributed by atoms with E-state index in [0.717, 1.165) is 19.3 Å². The molecule has 11 nitrogen and oxygen atoms in total. The Bertz CT molecular complexity index is 890. The van der Waals surface area contributed by atoms with E-state index in [9.17, 15) is 30.5 Å². The highest BCUT2D eigenvalue weighted by Gasteiger charge is 2.33. The van der Waals surface area contributed by atoms with E-state index in [-0.39, 0.29) is 31.3 Å². The number of likely N-dealkylation sites (tertiary alicyclic amines) is 1. The van der Waals surface area contributed by atoms with Crippen LogP contribution < -0.4 is 5.32 Å². The number of aliphatic hydroxyl groups excluding tert-OH is 4. The maximum absolute atomic E-state index is 11.5. The summed E-state index contributed by atoms with van der Waals surface area (Å²) < 4.78 is 0. The first kappa shape index (κ1) is 24.9. The Morgan fingerprint density at radius 3 is 2.58 bits per heavy atom. The molecular weight excluding hydrogens is 430 g/mol. The average molecular weight is 462 g/mol. The minimum atomic E-state index is -1.14. The number of nitrogens with one attached hydrogen (secondary N) is 1. The summed E-state index contributed by atoms with van der Waals surface area (Å²) >= 11 is 0. The lowest BCUT2D eigenvalue weighted by Gasteiger charge is -2.38. The lowest BCUT2D eigenvalue weighted by atomic mass is 9.98. The van der Waals surface area contributed by atoms with Gasteiger partial charge in [0.15, 0.2) is 0 Å². The molecule has 1 aliphatic heterocycles. The van der Waals surface area contributed by atoms with Gasteiger partial charge in [-0.1, -0.05) is 12.5 Å². The van der Waals surface area contributed by atoms with Crippen LogP contribution in [0.1, 0.15) is 19.3 Å². The Morgan fingerprint density at radius 2 is 1.94 bits per heavy atom. The summed E-state index contributed by atoms with van der Waals surface area (Å²) in [4.78, 5) is 20.9. The molecule has 2 heterocycles. The van der Waals surface area contributed by atoms with E-state index in [0.29, 0.717) is 30.0 Å². The minimum absolute atomic E-state index is 0.0192. The molecule has 3 atom stereocenters. The zero-order valence-electron chi connectivity index (χ0n) is 18.3. The summed E-state index contributed by atoms with van der Waals surface area (Å²) in [6, 6.07) is 6.63. The fourth-order valence-corrected chi connectivity index (χ4v) is 4.06. The highest BCUT2D eigenvalue weighted by atomic mass is 16.6. The van der Waals surface area contributed by atoms with E-state index >= 15 is 0 Å². The monoisotopic (exact) mass is 461 g/mol. The van der Waals surface area contributed by atoms with Crippen LogP contribution in [0, 0.1) is 16.0 Å². The van der Waals surface area contributed by atoms with Gasteiger partial charge >= 0.3 is 0 Å². The van der Waals surface area contributed by atoms with Crippen molar-refractivity contribution in [2.24, 2.45) is 5.92 Å². The second kappa shape index (κ2) is 12.0. The van der Waals surface area contributed by atoms with Gasteiger partial charge in [-0.3, -0.25) is 15.0 Å². The van der Waals surface area contributed by atoms with Crippen LogP contribution >= 0.6 is 0 Å². The number of anilines is 1. The fraction of sp³-hybridized carbons (Fsp3) is 0.545. The van der Waals surface area contributed by atoms with Crippen LogP contribution in [0.15, 0.2) is 36.8 Å². The molecule has 0 spiro atoms. The van der Waals surface area contributed by atoms with E-state index in [1.165, 1.54) is 12.4 Å². The van der Waals surface area contributed by atoms with Crippen LogP contribution in [0.4, 0.5) is 11.4 Å². The molecule has 1 aromatic heterocycles. The van der Waals surface area contributed by atoms with Gasteiger partial charge in [-0.05, 0) is 30.9 Å². The third kappa shape index (κ3) is 6.89. The molecule has 1 fully saturated rings. The van der Waals surface area contributed by atoms with Crippen molar-refractivity contribution in [1.82, 2.24) is 14.9 Å². The van der Waals surface area contributed by atoms with Crippen molar-refractivity contribution >= 4 is 11.4 Å². The molecule has 5 N–H and O–H groups in total. The predicted octanol–water partition coefficient (Wildman–Crippen LogP) is 0.641. The van der Waals surface area contributed by atoms with E-state index in [4.69, 9.17) is 0 Å². The second-order valence-electron chi connectivity index (χ2n) is 8.40. The van der Waals surface area contributed by atoms with Gasteiger partial charge in [0.25, 0.3) is 5.69 Å². The van der Waals surface area contributed by atoms with E-state index in [1.807, 2.05) is 4.90 Å². The summed E-state index contributed by atoms with van der Waals surface area (Å²) in [5.41, 5.74) is 1.66. The third-order valence-electron chi connectivity index (χ3n) is 5.88. The first-order valence-electron chi connectivity index (χ1n) is 11.0. The zero-order valence-corrected chi connectivity index (χ0v) is 18.3. The summed E-state index contributed by atoms with van der Waals surface area (Å²) in [6.07, 6.45) is 2.11. The molecule has 33 heavy (non-hydrogen) atoms. The molecule has 1 aromatic carbocycles. The highest BCUT2D eigenvalue weighted by molar-refractivity contribution is 5.71. The number of nitrogens with zero attached hydrogens (tertiary/aromatic N) is 4. The molecular formula is C22H31N5O6. The Morgan fingerprint density at radius 1 is 1.18 bits per heavy atom. The Hall–Kier alpha value is -2.70. The molecule has 0 amide bonds. The molecule has 3 rings (SSSR count). The summed E-state index contributed by atoms with van der Waals surface area (Å²) in [7, 11) is 0. The van der Waals surface area contributed by atoms with Gasteiger partial charge in [0, 0.05) is 50.6 Å². The van der Waals surface area contributed by atoms with Gasteiger partial charge in [-0.2, -0.15) is 0 Å². The van der Waals surface area contributed by atoms with Crippen LogP contribution in [0.25, 0.3) is 11.3 Å². The van der Waals surface area contributed by atoms with Crippen molar-refractivity contribution in [2.45, 2.75) is 37.6 Å². The average Bonchev–Trinajstić information content (AvgIpc) is 2.82. The number of nitro groups is 1. The number of unbranched alkanes of at least 4 members (excludes halogenated alkanes) is 1. The number of aromatic nitrogens is 2. The van der Waals surface area contributed by atoms with Crippen molar-refractivity contribution in [2.75, 3.05) is 38.1 Å². The molecule has 180 valence electrons. The van der Waals surface area contributed by atoms with Crippen molar-refractivity contribution < 1.29 is 25.3 Å². The highest BCUT2D eigenvalue weighted by Crippen LogP contribution is 2.29. The fourth-order valence-electron chi connectivity index (χ4n) is 4.06. The number of rotatable bonds is 11. The van der Waals surface area contributed by atoms with E-state index in [1.54, 1.807) is 24.4 Å². The summed E-state index contributed by atoms with van der Waals surface area (Å²) in [5, 5.41) is 53.6. The first-order valence-corrected chi connectivity index (χ1v) is 11.0. The Labute approximate surface area is 191 Å². The molecule has 0 bridgehead atoms.